The van der Waals surface area contributed by atoms with E-state index in [2.05, 4.69) is 26.8 Å². The van der Waals surface area contributed by atoms with Crippen molar-refractivity contribution in [1.29, 1.82) is 0 Å². The second kappa shape index (κ2) is 6.34. The fraction of sp³-hybridized carbons (Fsp3) is 0.353. The number of hydrogen-bond donors (Lipinski definition) is 0. The number of imidazole rings is 1. The van der Waals surface area contributed by atoms with E-state index >= 15 is 0 Å². The largest absolute Gasteiger partial charge is 0.358 e. The molecule has 0 radical (unpaired) electrons. The molecular weight excluding hydrogens is 334 g/mol. The number of aromatic nitrogens is 4. The van der Waals surface area contributed by atoms with Crippen LogP contribution in [0, 0.1) is 10.1 Å². The average Bonchev–Trinajstić information content (AvgIpc) is 3.03. The van der Waals surface area contributed by atoms with E-state index in [1.54, 1.807) is 7.05 Å². The van der Waals surface area contributed by atoms with Crippen LogP contribution < -0.4 is 4.90 Å². The van der Waals surface area contributed by atoms with Gasteiger partial charge in [0.15, 0.2) is 0 Å². The Kier molecular flexibility index (Phi) is 4.00. The Labute approximate surface area is 150 Å². The second-order valence-corrected chi connectivity index (χ2v) is 6.43. The molecule has 2 aromatic heterocycles. The highest BCUT2D eigenvalue weighted by Gasteiger charge is 2.24. The highest BCUT2D eigenvalue weighted by molar-refractivity contribution is 5.90. The van der Waals surface area contributed by atoms with E-state index in [0.29, 0.717) is 11.6 Å². The maximum Gasteiger partial charge on any atom is 0.343 e. The molecule has 1 aliphatic rings. The number of anilines is 1. The van der Waals surface area contributed by atoms with E-state index in [1.165, 1.54) is 10.8 Å². The maximum atomic E-state index is 11.1. The standard InChI is InChI=1S/C17H19N7O2/c1-21-7-9-23(10-8-21)16-12-5-3-4-6-13(12)19-15(20-16)17-18-11-14(22(17)2)24(25)26/h3-6,11H,7-10H2,1-2H3. The lowest BCUT2D eigenvalue weighted by molar-refractivity contribution is -0.391. The molecule has 0 aliphatic carbocycles. The number of likely N-dealkylation sites (N-methyl/N-ethyl adjacent to an activating group) is 1. The minimum Gasteiger partial charge on any atom is -0.358 e. The van der Waals surface area contributed by atoms with E-state index < -0.39 is 4.92 Å². The summed E-state index contributed by atoms with van der Waals surface area (Å²) in [7, 11) is 3.71. The third-order valence-corrected chi connectivity index (χ3v) is 4.74. The summed E-state index contributed by atoms with van der Waals surface area (Å²) in [5.74, 6) is 1.55. The van der Waals surface area contributed by atoms with Gasteiger partial charge in [-0.1, -0.05) is 12.1 Å². The Morgan fingerprint density at radius 3 is 2.50 bits per heavy atom. The minimum atomic E-state index is -0.459. The van der Waals surface area contributed by atoms with E-state index in [9.17, 15) is 10.1 Å². The molecule has 0 bridgehead atoms. The van der Waals surface area contributed by atoms with Crippen LogP contribution in [0.1, 0.15) is 0 Å². The molecule has 0 unspecified atom stereocenters. The summed E-state index contributed by atoms with van der Waals surface area (Å²) in [5.41, 5.74) is 0.803. The van der Waals surface area contributed by atoms with Crippen molar-refractivity contribution >= 4 is 22.5 Å². The third-order valence-electron chi connectivity index (χ3n) is 4.74. The predicted octanol–water partition coefficient (Wildman–Crippen LogP) is 1.69. The number of nitrogens with zero attached hydrogens (tertiary/aromatic N) is 7. The lowest BCUT2D eigenvalue weighted by Gasteiger charge is -2.33. The Bertz CT molecular complexity index is 976. The van der Waals surface area contributed by atoms with Gasteiger partial charge in [-0.3, -0.25) is 0 Å². The lowest BCUT2D eigenvalue weighted by atomic mass is 10.2. The van der Waals surface area contributed by atoms with Crippen molar-refractivity contribution in [3.63, 3.8) is 0 Å². The molecule has 9 nitrogen and oxygen atoms in total. The SMILES string of the molecule is CN1CCN(c2nc(-c3ncc([N+](=O)[O-])n3C)nc3ccccc23)CC1. The fourth-order valence-electron chi connectivity index (χ4n) is 3.20. The number of nitro groups is 1. The molecule has 0 atom stereocenters. The summed E-state index contributed by atoms with van der Waals surface area (Å²) in [6, 6.07) is 7.83. The Balaban J connectivity index is 1.85. The van der Waals surface area contributed by atoms with Crippen LogP contribution in [-0.4, -0.2) is 62.6 Å². The number of fused-ring (bicyclic) bond motifs is 1. The van der Waals surface area contributed by atoms with Gasteiger partial charge in [0, 0.05) is 31.6 Å². The summed E-state index contributed by atoms with van der Waals surface area (Å²) in [6.45, 7) is 3.67. The molecule has 3 aromatic rings. The van der Waals surface area contributed by atoms with Gasteiger partial charge >= 0.3 is 5.82 Å². The number of piperazine rings is 1. The van der Waals surface area contributed by atoms with Crippen molar-refractivity contribution in [2.24, 2.45) is 7.05 Å². The average molecular weight is 353 g/mol. The number of rotatable bonds is 3. The lowest BCUT2D eigenvalue weighted by Crippen LogP contribution is -2.45. The van der Waals surface area contributed by atoms with Crippen LogP contribution in [0.4, 0.5) is 11.6 Å². The summed E-state index contributed by atoms with van der Waals surface area (Å²) >= 11 is 0. The third kappa shape index (κ3) is 2.76. The number of hydrogen-bond acceptors (Lipinski definition) is 7. The van der Waals surface area contributed by atoms with Crippen LogP contribution >= 0.6 is 0 Å². The van der Waals surface area contributed by atoms with Gasteiger partial charge < -0.3 is 19.9 Å². The monoisotopic (exact) mass is 353 g/mol. The van der Waals surface area contributed by atoms with Crippen molar-refractivity contribution in [3.8, 4) is 11.6 Å². The molecule has 0 amide bonds. The van der Waals surface area contributed by atoms with Gasteiger partial charge in [-0.05, 0) is 24.1 Å². The van der Waals surface area contributed by atoms with E-state index in [4.69, 9.17) is 4.98 Å². The van der Waals surface area contributed by atoms with Crippen LogP contribution in [0.25, 0.3) is 22.6 Å². The summed E-state index contributed by atoms with van der Waals surface area (Å²) in [4.78, 5) is 28.7. The zero-order valence-corrected chi connectivity index (χ0v) is 14.7. The fourth-order valence-corrected chi connectivity index (χ4v) is 3.20. The van der Waals surface area contributed by atoms with Gasteiger partial charge in [0.1, 0.15) is 12.0 Å². The van der Waals surface area contributed by atoms with E-state index in [1.807, 2.05) is 24.3 Å². The molecule has 1 fully saturated rings. The smallest absolute Gasteiger partial charge is 0.343 e. The molecule has 134 valence electrons. The normalized spacial score (nSPS) is 15.5. The highest BCUT2D eigenvalue weighted by Crippen LogP contribution is 2.28. The zero-order valence-electron chi connectivity index (χ0n) is 14.7. The molecule has 4 rings (SSSR count). The topological polar surface area (TPSA) is 93.2 Å². The summed E-state index contributed by atoms with van der Waals surface area (Å²) in [5, 5.41) is 12.1. The Hall–Kier alpha value is -3.07. The van der Waals surface area contributed by atoms with Crippen LogP contribution in [-0.2, 0) is 7.05 Å². The minimum absolute atomic E-state index is 0.0853. The van der Waals surface area contributed by atoms with Crippen molar-refractivity contribution in [1.82, 2.24) is 24.4 Å². The molecular formula is C17H19N7O2. The van der Waals surface area contributed by atoms with Crippen molar-refractivity contribution in [2.45, 2.75) is 0 Å². The number of benzene rings is 1. The molecule has 1 aromatic carbocycles. The molecule has 0 spiro atoms. The molecule has 1 aliphatic heterocycles. The molecule has 9 heteroatoms. The van der Waals surface area contributed by atoms with Gasteiger partial charge in [-0.25, -0.2) is 19.5 Å². The summed E-state index contributed by atoms with van der Waals surface area (Å²) < 4.78 is 1.41. The number of para-hydroxylation sites is 1. The van der Waals surface area contributed by atoms with Crippen molar-refractivity contribution < 1.29 is 4.92 Å². The maximum absolute atomic E-state index is 11.1. The van der Waals surface area contributed by atoms with Crippen LogP contribution in [0.2, 0.25) is 0 Å². The Morgan fingerprint density at radius 2 is 1.81 bits per heavy atom. The second-order valence-electron chi connectivity index (χ2n) is 6.43. The van der Waals surface area contributed by atoms with Crippen LogP contribution in [0.5, 0.6) is 0 Å². The first-order valence-corrected chi connectivity index (χ1v) is 8.41. The summed E-state index contributed by atoms with van der Waals surface area (Å²) in [6.07, 6.45) is 1.24. The molecule has 1 saturated heterocycles. The van der Waals surface area contributed by atoms with Crippen LogP contribution in [0.3, 0.4) is 0 Å². The Morgan fingerprint density at radius 1 is 1.08 bits per heavy atom. The first-order valence-electron chi connectivity index (χ1n) is 8.41. The van der Waals surface area contributed by atoms with Crippen LogP contribution in [0.15, 0.2) is 30.5 Å². The molecule has 0 N–H and O–H groups in total. The van der Waals surface area contributed by atoms with Crippen molar-refractivity contribution in [2.75, 3.05) is 38.1 Å². The zero-order chi connectivity index (χ0) is 18.3. The van der Waals surface area contributed by atoms with Gasteiger partial charge in [-0.15, -0.1) is 0 Å². The first-order chi connectivity index (χ1) is 12.5. The van der Waals surface area contributed by atoms with E-state index in [-0.39, 0.29) is 5.82 Å². The van der Waals surface area contributed by atoms with Gasteiger partial charge in [0.2, 0.25) is 5.82 Å². The van der Waals surface area contributed by atoms with Gasteiger partial charge in [0.25, 0.3) is 5.82 Å². The molecule has 26 heavy (non-hydrogen) atoms. The first kappa shape index (κ1) is 16.4. The van der Waals surface area contributed by atoms with Gasteiger partial charge in [-0.2, -0.15) is 0 Å². The van der Waals surface area contributed by atoms with Crippen molar-refractivity contribution in [3.05, 3.63) is 40.6 Å². The predicted molar refractivity (Wildman–Crippen MR) is 98.1 cm³/mol. The quantitative estimate of drug-likeness (QED) is 0.522. The molecule has 3 heterocycles. The molecule has 0 saturated carbocycles. The van der Waals surface area contributed by atoms with E-state index in [0.717, 1.165) is 42.9 Å². The highest BCUT2D eigenvalue weighted by atomic mass is 16.6. The van der Waals surface area contributed by atoms with Gasteiger partial charge in [0.05, 0.1) is 12.6 Å².